The van der Waals surface area contributed by atoms with Gasteiger partial charge in [-0.1, -0.05) is 0 Å². The van der Waals surface area contributed by atoms with Crippen LogP contribution >= 0.6 is 0 Å². The van der Waals surface area contributed by atoms with Gasteiger partial charge in [0, 0.05) is 12.6 Å². The molecule has 2 aromatic heterocycles. The van der Waals surface area contributed by atoms with E-state index in [9.17, 15) is 9.90 Å². The number of carbonyl (C=O) groups excluding carboxylic acids is 1. The summed E-state index contributed by atoms with van der Waals surface area (Å²) in [6, 6.07) is 0.0329. The maximum Gasteiger partial charge on any atom is 0.309 e. The molecule has 1 aliphatic rings. The molecule has 1 aliphatic carbocycles. The number of imidazole rings is 1. The highest BCUT2D eigenvalue weighted by Gasteiger charge is 2.40. The Kier molecular flexibility index (Phi) is 3.46. The summed E-state index contributed by atoms with van der Waals surface area (Å²) in [5.74, 6) is -0.365. The van der Waals surface area contributed by atoms with Crippen molar-refractivity contribution in [3.05, 3.63) is 12.7 Å². The molecule has 21 heavy (non-hydrogen) atoms. The van der Waals surface area contributed by atoms with E-state index in [1.165, 1.54) is 13.4 Å². The Balaban J connectivity index is 1.93. The minimum absolute atomic E-state index is 0.0329. The van der Waals surface area contributed by atoms with Gasteiger partial charge >= 0.3 is 5.97 Å². The Labute approximate surface area is 121 Å². The number of nitrogens with zero attached hydrogens (tertiary/aromatic N) is 4. The molecule has 3 N–H and O–H groups in total. The first-order chi connectivity index (χ1) is 10.2. The lowest BCUT2D eigenvalue weighted by atomic mass is 9.97. The Morgan fingerprint density at radius 3 is 3.00 bits per heavy atom. The number of aliphatic hydroxyl groups excluding tert-OH is 1. The second-order valence-electron chi connectivity index (χ2n) is 5.28. The van der Waals surface area contributed by atoms with Crippen molar-refractivity contribution in [2.75, 3.05) is 19.5 Å². The van der Waals surface area contributed by atoms with Crippen molar-refractivity contribution >= 4 is 23.0 Å². The topological polar surface area (TPSA) is 116 Å². The maximum atomic E-state index is 11.8. The Hall–Kier alpha value is -2.22. The summed E-state index contributed by atoms with van der Waals surface area (Å²) in [6.45, 7) is -0.0416. The quantitative estimate of drug-likeness (QED) is 0.772. The van der Waals surface area contributed by atoms with E-state index in [0.29, 0.717) is 29.8 Å². The Bertz CT molecular complexity index is 671. The largest absolute Gasteiger partial charge is 0.469 e. The van der Waals surface area contributed by atoms with Crippen molar-refractivity contribution in [2.45, 2.75) is 18.9 Å². The molecular formula is C13H17N5O3. The number of aliphatic hydroxyl groups is 1. The fraction of sp³-hybridized carbons (Fsp3) is 0.538. The monoisotopic (exact) mass is 291 g/mol. The first kappa shape index (κ1) is 13.7. The molecular weight excluding hydrogens is 274 g/mol. The zero-order chi connectivity index (χ0) is 15.0. The fourth-order valence-electron chi connectivity index (χ4n) is 3.10. The zero-order valence-electron chi connectivity index (χ0n) is 11.6. The SMILES string of the molecule is COC(=O)[C@H]1C[C@H](n2cnc3c(N)ncnc32)C[C@@H]1CO. The average Bonchev–Trinajstić information content (AvgIpc) is 3.10. The lowest BCUT2D eigenvalue weighted by Gasteiger charge is -2.13. The average molecular weight is 291 g/mol. The van der Waals surface area contributed by atoms with Crippen LogP contribution in [0.15, 0.2) is 12.7 Å². The summed E-state index contributed by atoms with van der Waals surface area (Å²) in [7, 11) is 1.37. The van der Waals surface area contributed by atoms with Crippen LogP contribution in [-0.2, 0) is 9.53 Å². The molecule has 1 fully saturated rings. The van der Waals surface area contributed by atoms with Crippen molar-refractivity contribution in [2.24, 2.45) is 11.8 Å². The lowest BCUT2D eigenvalue weighted by Crippen LogP contribution is -2.22. The molecule has 8 nitrogen and oxygen atoms in total. The first-order valence-corrected chi connectivity index (χ1v) is 6.77. The standard InChI is InChI=1S/C13H17N5O3/c1-21-13(20)9-3-8(2-7(9)4-19)18-6-17-10-11(14)15-5-16-12(10)18/h5-9,19H,2-4H2,1H3,(H2,14,15,16)/t7-,8-,9+/m1/s1. The van der Waals surface area contributed by atoms with Gasteiger partial charge in [-0.15, -0.1) is 0 Å². The van der Waals surface area contributed by atoms with Crippen LogP contribution in [-0.4, -0.2) is 44.3 Å². The normalized spacial score (nSPS) is 25.3. The molecule has 0 spiro atoms. The number of ether oxygens (including phenoxy) is 1. The summed E-state index contributed by atoms with van der Waals surface area (Å²) < 4.78 is 6.72. The van der Waals surface area contributed by atoms with Gasteiger partial charge in [0.1, 0.15) is 11.8 Å². The molecule has 3 rings (SSSR count). The smallest absolute Gasteiger partial charge is 0.309 e. The van der Waals surface area contributed by atoms with E-state index in [2.05, 4.69) is 15.0 Å². The number of anilines is 1. The minimum atomic E-state index is -0.304. The van der Waals surface area contributed by atoms with Crippen LogP contribution in [0, 0.1) is 11.8 Å². The molecule has 0 saturated heterocycles. The number of esters is 1. The van der Waals surface area contributed by atoms with Crippen LogP contribution in [0.25, 0.3) is 11.2 Å². The second kappa shape index (κ2) is 5.28. The molecule has 3 atom stereocenters. The minimum Gasteiger partial charge on any atom is -0.469 e. The van der Waals surface area contributed by atoms with E-state index >= 15 is 0 Å². The van der Waals surface area contributed by atoms with Gasteiger partial charge in [-0.05, 0) is 18.8 Å². The maximum absolute atomic E-state index is 11.8. The molecule has 112 valence electrons. The predicted molar refractivity (Wildman–Crippen MR) is 74.1 cm³/mol. The molecule has 0 aliphatic heterocycles. The van der Waals surface area contributed by atoms with Crippen molar-refractivity contribution in [1.82, 2.24) is 19.5 Å². The molecule has 1 saturated carbocycles. The number of fused-ring (bicyclic) bond motifs is 1. The van der Waals surface area contributed by atoms with Crippen LogP contribution in [0.2, 0.25) is 0 Å². The highest BCUT2D eigenvalue weighted by Crippen LogP contribution is 2.41. The van der Waals surface area contributed by atoms with Gasteiger partial charge in [0.2, 0.25) is 0 Å². The van der Waals surface area contributed by atoms with Crippen LogP contribution in [0.1, 0.15) is 18.9 Å². The van der Waals surface area contributed by atoms with Crippen molar-refractivity contribution in [3.63, 3.8) is 0 Å². The number of nitrogens with two attached hydrogens (primary N) is 1. The van der Waals surface area contributed by atoms with Crippen molar-refractivity contribution in [3.8, 4) is 0 Å². The third-order valence-corrected chi connectivity index (χ3v) is 4.19. The van der Waals surface area contributed by atoms with E-state index in [1.807, 2.05) is 4.57 Å². The number of nitrogen functional groups attached to an aromatic ring is 1. The van der Waals surface area contributed by atoms with Gasteiger partial charge in [-0.2, -0.15) is 0 Å². The number of rotatable bonds is 3. The summed E-state index contributed by atoms with van der Waals surface area (Å²) in [5.41, 5.74) is 6.98. The molecule has 0 aromatic carbocycles. The molecule has 8 heteroatoms. The van der Waals surface area contributed by atoms with Gasteiger partial charge in [-0.25, -0.2) is 15.0 Å². The first-order valence-electron chi connectivity index (χ1n) is 6.77. The molecule has 0 radical (unpaired) electrons. The number of aromatic nitrogens is 4. The molecule has 2 aromatic rings. The van der Waals surface area contributed by atoms with Crippen molar-refractivity contribution in [1.29, 1.82) is 0 Å². The van der Waals surface area contributed by atoms with Gasteiger partial charge < -0.3 is 20.1 Å². The van der Waals surface area contributed by atoms with Crippen LogP contribution in [0.5, 0.6) is 0 Å². The summed E-state index contributed by atoms with van der Waals surface area (Å²) in [5, 5.41) is 9.48. The molecule has 2 heterocycles. The van der Waals surface area contributed by atoms with Gasteiger partial charge in [0.05, 0.1) is 19.4 Å². The molecule has 0 amide bonds. The zero-order valence-corrected chi connectivity index (χ0v) is 11.6. The summed E-state index contributed by atoms with van der Waals surface area (Å²) in [6.07, 6.45) is 4.32. The highest BCUT2D eigenvalue weighted by atomic mass is 16.5. The Morgan fingerprint density at radius 1 is 1.48 bits per heavy atom. The predicted octanol–water partition coefficient (Wildman–Crippen LogP) is 0.141. The molecule has 0 unspecified atom stereocenters. The van der Waals surface area contributed by atoms with E-state index in [1.54, 1.807) is 6.33 Å². The number of carbonyl (C=O) groups is 1. The second-order valence-corrected chi connectivity index (χ2v) is 5.28. The van der Waals surface area contributed by atoms with Gasteiger partial charge in [0.15, 0.2) is 11.5 Å². The number of methoxy groups -OCH3 is 1. The van der Waals surface area contributed by atoms with E-state index in [4.69, 9.17) is 10.5 Å². The summed E-state index contributed by atoms with van der Waals surface area (Å²) in [4.78, 5) is 24.2. The number of hydrogen-bond donors (Lipinski definition) is 2. The van der Waals surface area contributed by atoms with Gasteiger partial charge in [-0.3, -0.25) is 4.79 Å². The fourth-order valence-corrected chi connectivity index (χ4v) is 3.10. The van der Waals surface area contributed by atoms with Gasteiger partial charge in [0.25, 0.3) is 0 Å². The molecule has 0 bridgehead atoms. The third kappa shape index (κ3) is 2.21. The summed E-state index contributed by atoms with van der Waals surface area (Å²) >= 11 is 0. The lowest BCUT2D eigenvalue weighted by molar-refractivity contribution is -0.147. The third-order valence-electron chi connectivity index (χ3n) is 4.19. The Morgan fingerprint density at radius 2 is 2.29 bits per heavy atom. The van der Waals surface area contributed by atoms with E-state index in [0.717, 1.165) is 0 Å². The highest BCUT2D eigenvalue weighted by molar-refractivity contribution is 5.81. The van der Waals surface area contributed by atoms with Crippen LogP contribution in [0.4, 0.5) is 5.82 Å². The van der Waals surface area contributed by atoms with E-state index in [-0.39, 0.29) is 30.5 Å². The van der Waals surface area contributed by atoms with Crippen LogP contribution in [0.3, 0.4) is 0 Å². The number of hydrogen-bond acceptors (Lipinski definition) is 7. The van der Waals surface area contributed by atoms with Crippen LogP contribution < -0.4 is 5.73 Å². The van der Waals surface area contributed by atoms with E-state index < -0.39 is 0 Å². The van der Waals surface area contributed by atoms with Crippen molar-refractivity contribution < 1.29 is 14.6 Å².